The number of benzene rings is 1. The largest absolute Gasteiger partial charge is 0.440 e. The van der Waals surface area contributed by atoms with E-state index in [4.69, 9.17) is 9.15 Å². The van der Waals surface area contributed by atoms with Crippen molar-refractivity contribution in [3.63, 3.8) is 0 Å². The van der Waals surface area contributed by atoms with Crippen LogP contribution in [0.5, 0.6) is 0 Å². The van der Waals surface area contributed by atoms with E-state index >= 15 is 0 Å². The number of ether oxygens (including phenoxy) is 1. The van der Waals surface area contributed by atoms with Crippen LogP contribution in [-0.4, -0.2) is 23.6 Å². The first-order chi connectivity index (χ1) is 13.1. The van der Waals surface area contributed by atoms with E-state index in [1.54, 1.807) is 19.1 Å². The quantitative estimate of drug-likeness (QED) is 0.701. The number of hydrogen-bond acceptors (Lipinski definition) is 5. The summed E-state index contributed by atoms with van der Waals surface area (Å²) < 4.78 is 24.8. The van der Waals surface area contributed by atoms with E-state index in [0.29, 0.717) is 18.3 Å². The third kappa shape index (κ3) is 3.79. The van der Waals surface area contributed by atoms with E-state index in [1.165, 1.54) is 23.5 Å². The molecule has 27 heavy (non-hydrogen) atoms. The molecule has 4 rings (SSSR count). The topological polar surface area (TPSA) is 64.4 Å². The van der Waals surface area contributed by atoms with Crippen molar-refractivity contribution in [1.82, 2.24) is 10.3 Å². The molecule has 3 aromatic rings. The second-order valence-electron chi connectivity index (χ2n) is 6.46. The first-order valence-corrected chi connectivity index (χ1v) is 9.69. The Balaban J connectivity index is 1.59. The van der Waals surface area contributed by atoms with Crippen LogP contribution in [0.15, 0.2) is 46.2 Å². The highest BCUT2D eigenvalue weighted by Crippen LogP contribution is 2.29. The Morgan fingerprint density at radius 2 is 2.15 bits per heavy atom. The predicted molar refractivity (Wildman–Crippen MR) is 100 cm³/mol. The third-order valence-electron chi connectivity index (χ3n) is 4.60. The zero-order valence-electron chi connectivity index (χ0n) is 14.8. The van der Waals surface area contributed by atoms with Crippen LogP contribution < -0.4 is 5.32 Å². The lowest BCUT2D eigenvalue weighted by molar-refractivity contribution is 0.0669. The van der Waals surface area contributed by atoms with Crippen LogP contribution in [-0.2, 0) is 4.74 Å². The maximum absolute atomic E-state index is 13.3. The lowest BCUT2D eigenvalue weighted by Gasteiger charge is -2.24. The molecule has 0 bridgehead atoms. The fourth-order valence-corrected chi connectivity index (χ4v) is 3.90. The summed E-state index contributed by atoms with van der Waals surface area (Å²) in [6, 6.07) is 9.55. The van der Waals surface area contributed by atoms with Crippen molar-refractivity contribution >= 4 is 17.2 Å². The van der Waals surface area contributed by atoms with Gasteiger partial charge in [0.1, 0.15) is 11.6 Å². The van der Waals surface area contributed by atoms with Gasteiger partial charge in [-0.25, -0.2) is 9.37 Å². The van der Waals surface area contributed by atoms with E-state index in [2.05, 4.69) is 10.3 Å². The smallest absolute Gasteiger partial charge is 0.274 e. The van der Waals surface area contributed by atoms with Gasteiger partial charge in [-0.05, 0) is 48.9 Å². The Morgan fingerprint density at radius 1 is 1.33 bits per heavy atom. The van der Waals surface area contributed by atoms with Gasteiger partial charge in [0.25, 0.3) is 5.91 Å². The van der Waals surface area contributed by atoms with E-state index in [9.17, 15) is 9.18 Å². The van der Waals surface area contributed by atoms with Gasteiger partial charge in [-0.3, -0.25) is 4.79 Å². The summed E-state index contributed by atoms with van der Waals surface area (Å²) in [6.45, 7) is 2.38. The maximum Gasteiger partial charge on any atom is 0.274 e. The highest BCUT2D eigenvalue weighted by atomic mass is 32.1. The Hall–Kier alpha value is -2.51. The second kappa shape index (κ2) is 7.62. The van der Waals surface area contributed by atoms with Crippen molar-refractivity contribution < 1.29 is 18.3 Å². The molecule has 0 radical (unpaired) electrons. The number of carbonyl (C=O) groups is 1. The average Bonchev–Trinajstić information content (AvgIpc) is 3.41. The Kier molecular flexibility index (Phi) is 5.05. The molecule has 2 atom stereocenters. The molecule has 1 aromatic carbocycles. The van der Waals surface area contributed by atoms with Gasteiger partial charge in [0.05, 0.1) is 17.0 Å². The average molecular weight is 386 g/mol. The summed E-state index contributed by atoms with van der Waals surface area (Å²) in [5.41, 5.74) is 1.06. The number of aromatic nitrogens is 1. The summed E-state index contributed by atoms with van der Waals surface area (Å²) in [4.78, 5) is 18.1. The highest BCUT2D eigenvalue weighted by Gasteiger charge is 2.30. The lowest BCUT2D eigenvalue weighted by Crippen LogP contribution is -2.36. The fourth-order valence-electron chi connectivity index (χ4n) is 3.25. The molecule has 1 saturated heterocycles. The molecule has 140 valence electrons. The normalized spacial score (nSPS) is 17.8. The Bertz CT molecular complexity index is 915. The standard InChI is InChI=1S/C20H19FN2O3S/c1-12-17(23-20(26-12)16-5-3-11-27-16)19(24)22-18(15-4-2-10-25-15)13-6-8-14(21)9-7-13/h3,5-9,11,15,18H,2,4,10H2,1H3,(H,22,24). The van der Waals surface area contributed by atoms with Gasteiger partial charge in [0.2, 0.25) is 5.89 Å². The van der Waals surface area contributed by atoms with Crippen molar-refractivity contribution in [3.05, 3.63) is 64.6 Å². The number of nitrogens with one attached hydrogen (secondary N) is 1. The van der Waals surface area contributed by atoms with Crippen LogP contribution in [0.25, 0.3) is 10.8 Å². The number of carbonyl (C=O) groups excluding carboxylic acids is 1. The Morgan fingerprint density at radius 3 is 2.81 bits per heavy atom. The predicted octanol–water partition coefficient (Wildman–Crippen LogP) is 4.50. The molecule has 2 aromatic heterocycles. The first-order valence-electron chi connectivity index (χ1n) is 8.81. The summed E-state index contributed by atoms with van der Waals surface area (Å²) in [7, 11) is 0. The van der Waals surface area contributed by atoms with Crippen LogP contribution in [0.2, 0.25) is 0 Å². The monoisotopic (exact) mass is 386 g/mol. The number of hydrogen-bond donors (Lipinski definition) is 1. The van der Waals surface area contributed by atoms with Gasteiger partial charge in [-0.1, -0.05) is 18.2 Å². The van der Waals surface area contributed by atoms with Crippen LogP contribution >= 0.6 is 11.3 Å². The van der Waals surface area contributed by atoms with Gasteiger partial charge in [0.15, 0.2) is 5.69 Å². The van der Waals surface area contributed by atoms with Gasteiger partial charge in [-0.2, -0.15) is 0 Å². The summed E-state index contributed by atoms with van der Waals surface area (Å²) in [6.07, 6.45) is 1.62. The third-order valence-corrected chi connectivity index (χ3v) is 5.45. The molecule has 7 heteroatoms. The number of oxazole rings is 1. The zero-order valence-corrected chi connectivity index (χ0v) is 15.6. The molecule has 3 heterocycles. The van der Waals surface area contributed by atoms with Crippen molar-refractivity contribution in [1.29, 1.82) is 0 Å². The summed E-state index contributed by atoms with van der Waals surface area (Å²) in [5.74, 6) is 0.247. The number of amides is 1. The number of aryl methyl sites for hydroxylation is 1. The molecular weight excluding hydrogens is 367 g/mol. The molecule has 2 unspecified atom stereocenters. The maximum atomic E-state index is 13.3. The molecule has 1 aliphatic rings. The number of halogens is 1. The van der Waals surface area contributed by atoms with Gasteiger partial charge in [0, 0.05) is 6.61 Å². The molecule has 1 amide bonds. The van der Waals surface area contributed by atoms with Crippen molar-refractivity contribution in [2.24, 2.45) is 0 Å². The second-order valence-corrected chi connectivity index (χ2v) is 7.40. The number of nitrogens with zero attached hydrogens (tertiary/aromatic N) is 1. The molecule has 0 spiro atoms. The number of rotatable bonds is 5. The van der Waals surface area contributed by atoms with E-state index in [0.717, 1.165) is 23.3 Å². The first kappa shape index (κ1) is 17.9. The number of thiophene rings is 1. The van der Waals surface area contributed by atoms with Crippen molar-refractivity contribution in [2.75, 3.05) is 6.61 Å². The minimum absolute atomic E-state index is 0.150. The minimum atomic E-state index is -0.373. The van der Waals surface area contributed by atoms with Crippen molar-refractivity contribution in [3.8, 4) is 10.8 Å². The molecule has 5 nitrogen and oxygen atoms in total. The molecule has 1 N–H and O–H groups in total. The molecule has 0 saturated carbocycles. The molecule has 0 aliphatic carbocycles. The fraction of sp³-hybridized carbons (Fsp3) is 0.300. The Labute approximate surface area is 160 Å². The molecular formula is C20H19FN2O3S. The highest BCUT2D eigenvalue weighted by molar-refractivity contribution is 7.13. The minimum Gasteiger partial charge on any atom is -0.440 e. The van der Waals surface area contributed by atoms with Crippen LogP contribution in [0, 0.1) is 12.7 Å². The van der Waals surface area contributed by atoms with Crippen LogP contribution in [0.3, 0.4) is 0 Å². The van der Waals surface area contributed by atoms with Crippen molar-refractivity contribution in [2.45, 2.75) is 31.9 Å². The van der Waals surface area contributed by atoms with E-state index in [1.807, 2.05) is 17.5 Å². The van der Waals surface area contributed by atoms with Crippen LogP contribution in [0.4, 0.5) is 4.39 Å². The van der Waals surface area contributed by atoms with Gasteiger partial charge < -0.3 is 14.5 Å². The van der Waals surface area contributed by atoms with E-state index < -0.39 is 0 Å². The SMILES string of the molecule is Cc1oc(-c2cccs2)nc1C(=O)NC(c1ccc(F)cc1)C1CCCO1. The molecule has 1 fully saturated rings. The van der Waals surface area contributed by atoms with Gasteiger partial charge >= 0.3 is 0 Å². The summed E-state index contributed by atoms with van der Waals surface area (Å²) in [5, 5.41) is 4.93. The van der Waals surface area contributed by atoms with Crippen LogP contribution in [0.1, 0.15) is 40.7 Å². The van der Waals surface area contributed by atoms with E-state index in [-0.39, 0.29) is 29.6 Å². The zero-order chi connectivity index (χ0) is 18.8. The van der Waals surface area contributed by atoms with Gasteiger partial charge in [-0.15, -0.1) is 11.3 Å². The summed E-state index contributed by atoms with van der Waals surface area (Å²) >= 11 is 1.50. The molecule has 1 aliphatic heterocycles. The lowest BCUT2D eigenvalue weighted by atomic mass is 9.99.